The fourth-order valence-corrected chi connectivity index (χ4v) is 2.06. The number of likely N-dealkylation sites (N-methyl/N-ethyl adjacent to an activating group) is 1. The van der Waals surface area contributed by atoms with Crippen LogP contribution >= 0.6 is 0 Å². The Labute approximate surface area is 91.4 Å². The zero-order valence-electron chi connectivity index (χ0n) is 9.46. The number of nitrogens with zero attached hydrogens (tertiary/aromatic N) is 1. The molecule has 0 aromatic heterocycles. The smallest absolute Gasteiger partial charge is 0.0317 e. The highest BCUT2D eigenvalue weighted by Crippen LogP contribution is 2.25. The van der Waals surface area contributed by atoms with Crippen LogP contribution in [0.4, 0.5) is 5.69 Å². The van der Waals surface area contributed by atoms with Gasteiger partial charge < -0.3 is 10.6 Å². The minimum atomic E-state index is 0.852. The van der Waals surface area contributed by atoms with Crippen LogP contribution in [0.15, 0.2) is 24.3 Å². The lowest BCUT2D eigenvalue weighted by atomic mass is 9.95. The van der Waals surface area contributed by atoms with E-state index in [1.165, 1.54) is 16.7 Å². The third kappa shape index (κ3) is 2.21. The average Bonchev–Trinajstić information content (AvgIpc) is 2.20. The van der Waals surface area contributed by atoms with Gasteiger partial charge in [0.15, 0.2) is 0 Å². The van der Waals surface area contributed by atoms with Crippen LogP contribution in [0.3, 0.4) is 0 Å². The van der Waals surface area contributed by atoms with Crippen LogP contribution in [-0.2, 0) is 0 Å². The molecule has 0 atom stereocenters. The Kier molecular flexibility index (Phi) is 2.78. The SMILES string of the molecule is Cc1cc(N)ccc1C1=CCN(C)CC1. The lowest BCUT2D eigenvalue weighted by Gasteiger charge is -2.23. The molecule has 0 bridgehead atoms. The number of aryl methyl sites for hydroxylation is 1. The normalized spacial score (nSPS) is 17.6. The second-order valence-electron chi connectivity index (χ2n) is 4.32. The van der Waals surface area contributed by atoms with Crippen molar-refractivity contribution >= 4 is 11.3 Å². The monoisotopic (exact) mass is 202 g/mol. The molecular formula is C13H18N2. The molecule has 2 heteroatoms. The Morgan fingerprint density at radius 1 is 1.33 bits per heavy atom. The number of nitrogen functional groups attached to an aromatic ring is 1. The van der Waals surface area contributed by atoms with Gasteiger partial charge in [0.1, 0.15) is 0 Å². The molecule has 0 amide bonds. The molecule has 1 heterocycles. The summed E-state index contributed by atoms with van der Waals surface area (Å²) in [5, 5.41) is 0. The van der Waals surface area contributed by atoms with E-state index in [1.807, 2.05) is 6.07 Å². The van der Waals surface area contributed by atoms with Gasteiger partial charge in [-0.05, 0) is 49.2 Å². The first kappa shape index (κ1) is 10.2. The molecule has 0 spiro atoms. The van der Waals surface area contributed by atoms with E-state index in [2.05, 4.69) is 37.1 Å². The van der Waals surface area contributed by atoms with Gasteiger partial charge in [0.05, 0.1) is 0 Å². The molecule has 0 aliphatic carbocycles. The molecule has 1 aromatic carbocycles. The molecule has 1 aliphatic heterocycles. The third-order valence-electron chi connectivity index (χ3n) is 3.01. The van der Waals surface area contributed by atoms with Gasteiger partial charge in [-0.15, -0.1) is 0 Å². The first-order valence-corrected chi connectivity index (χ1v) is 5.41. The van der Waals surface area contributed by atoms with Gasteiger partial charge in [-0.3, -0.25) is 0 Å². The van der Waals surface area contributed by atoms with E-state index in [0.29, 0.717) is 0 Å². The van der Waals surface area contributed by atoms with Crippen molar-refractivity contribution in [2.75, 3.05) is 25.9 Å². The van der Waals surface area contributed by atoms with Gasteiger partial charge in [-0.2, -0.15) is 0 Å². The molecule has 0 saturated carbocycles. The van der Waals surface area contributed by atoms with Crippen molar-refractivity contribution in [3.05, 3.63) is 35.4 Å². The minimum Gasteiger partial charge on any atom is -0.399 e. The summed E-state index contributed by atoms with van der Waals surface area (Å²) >= 11 is 0. The predicted molar refractivity (Wildman–Crippen MR) is 65.7 cm³/mol. The van der Waals surface area contributed by atoms with Crippen molar-refractivity contribution in [3.8, 4) is 0 Å². The third-order valence-corrected chi connectivity index (χ3v) is 3.01. The van der Waals surface area contributed by atoms with Gasteiger partial charge in [-0.1, -0.05) is 12.1 Å². The summed E-state index contributed by atoms with van der Waals surface area (Å²) in [6.45, 7) is 4.33. The molecule has 2 N–H and O–H groups in total. The van der Waals surface area contributed by atoms with Crippen molar-refractivity contribution in [1.29, 1.82) is 0 Å². The quantitative estimate of drug-likeness (QED) is 0.708. The molecule has 2 nitrogen and oxygen atoms in total. The van der Waals surface area contributed by atoms with Crippen LogP contribution < -0.4 is 5.73 Å². The van der Waals surface area contributed by atoms with Gasteiger partial charge in [0.2, 0.25) is 0 Å². The van der Waals surface area contributed by atoms with Crippen molar-refractivity contribution in [3.63, 3.8) is 0 Å². The summed E-state index contributed by atoms with van der Waals surface area (Å²) in [4.78, 5) is 2.33. The lowest BCUT2D eigenvalue weighted by molar-refractivity contribution is 0.370. The summed E-state index contributed by atoms with van der Waals surface area (Å²) < 4.78 is 0. The summed E-state index contributed by atoms with van der Waals surface area (Å²) in [5.74, 6) is 0. The molecule has 0 radical (unpaired) electrons. The largest absolute Gasteiger partial charge is 0.399 e. The zero-order chi connectivity index (χ0) is 10.8. The van der Waals surface area contributed by atoms with Crippen LogP contribution in [0, 0.1) is 6.92 Å². The maximum absolute atomic E-state index is 5.75. The first-order valence-electron chi connectivity index (χ1n) is 5.41. The van der Waals surface area contributed by atoms with Crippen LogP contribution in [0.2, 0.25) is 0 Å². The number of nitrogens with two attached hydrogens (primary N) is 1. The maximum Gasteiger partial charge on any atom is 0.0317 e. The van der Waals surface area contributed by atoms with Crippen LogP contribution in [0.25, 0.3) is 5.57 Å². The number of benzene rings is 1. The standard InChI is InChI=1S/C13H18N2/c1-10-9-12(14)3-4-13(10)11-5-7-15(2)8-6-11/h3-5,9H,6-8,14H2,1-2H3. The first-order chi connectivity index (χ1) is 7.16. The summed E-state index contributed by atoms with van der Waals surface area (Å²) in [5.41, 5.74) is 10.7. The van der Waals surface area contributed by atoms with Crippen molar-refractivity contribution in [2.24, 2.45) is 0 Å². The number of hydrogen-bond donors (Lipinski definition) is 1. The van der Waals surface area contributed by atoms with Crippen LogP contribution in [0.1, 0.15) is 17.5 Å². The summed E-state index contributed by atoms with van der Waals surface area (Å²) in [6.07, 6.45) is 3.46. The molecule has 0 saturated heterocycles. The Morgan fingerprint density at radius 3 is 2.73 bits per heavy atom. The van der Waals surface area contributed by atoms with E-state index in [-0.39, 0.29) is 0 Å². The Hall–Kier alpha value is -1.28. The minimum absolute atomic E-state index is 0.852. The molecule has 2 rings (SSSR count). The molecule has 0 unspecified atom stereocenters. The fourth-order valence-electron chi connectivity index (χ4n) is 2.06. The number of anilines is 1. The second-order valence-corrected chi connectivity index (χ2v) is 4.32. The predicted octanol–water partition coefficient (Wildman–Crippen LogP) is 2.30. The lowest BCUT2D eigenvalue weighted by Crippen LogP contribution is -2.23. The van der Waals surface area contributed by atoms with Crippen LogP contribution in [-0.4, -0.2) is 25.0 Å². The Bertz CT molecular complexity index is 394. The second kappa shape index (κ2) is 4.07. The fraction of sp³-hybridized carbons (Fsp3) is 0.385. The highest BCUT2D eigenvalue weighted by Gasteiger charge is 2.11. The molecule has 15 heavy (non-hydrogen) atoms. The van der Waals surface area contributed by atoms with Gasteiger partial charge in [-0.25, -0.2) is 0 Å². The summed E-state index contributed by atoms with van der Waals surface area (Å²) in [7, 11) is 2.16. The van der Waals surface area contributed by atoms with E-state index in [9.17, 15) is 0 Å². The Balaban J connectivity index is 2.30. The molecular weight excluding hydrogens is 184 g/mol. The van der Waals surface area contributed by atoms with Crippen molar-refractivity contribution in [1.82, 2.24) is 4.90 Å². The van der Waals surface area contributed by atoms with Gasteiger partial charge >= 0.3 is 0 Å². The van der Waals surface area contributed by atoms with Crippen molar-refractivity contribution < 1.29 is 0 Å². The van der Waals surface area contributed by atoms with Gasteiger partial charge in [0, 0.05) is 18.8 Å². The van der Waals surface area contributed by atoms with Gasteiger partial charge in [0.25, 0.3) is 0 Å². The van der Waals surface area contributed by atoms with E-state index < -0.39 is 0 Å². The highest BCUT2D eigenvalue weighted by molar-refractivity contribution is 5.70. The van der Waals surface area contributed by atoms with Crippen molar-refractivity contribution in [2.45, 2.75) is 13.3 Å². The zero-order valence-corrected chi connectivity index (χ0v) is 9.46. The van der Waals surface area contributed by atoms with E-state index >= 15 is 0 Å². The van der Waals surface area contributed by atoms with Crippen LogP contribution in [0.5, 0.6) is 0 Å². The number of rotatable bonds is 1. The topological polar surface area (TPSA) is 29.3 Å². The molecule has 0 fully saturated rings. The van der Waals surface area contributed by atoms with E-state index in [4.69, 9.17) is 5.73 Å². The molecule has 1 aliphatic rings. The average molecular weight is 202 g/mol. The molecule has 80 valence electrons. The van der Waals surface area contributed by atoms with E-state index in [0.717, 1.165) is 25.2 Å². The Morgan fingerprint density at radius 2 is 2.13 bits per heavy atom. The highest BCUT2D eigenvalue weighted by atomic mass is 15.1. The summed E-state index contributed by atoms with van der Waals surface area (Å²) in [6, 6.07) is 6.18. The molecule has 1 aromatic rings. The maximum atomic E-state index is 5.75. The van der Waals surface area contributed by atoms with E-state index in [1.54, 1.807) is 0 Å². The number of hydrogen-bond acceptors (Lipinski definition) is 2.